The highest BCUT2D eigenvalue weighted by atomic mass is 35.5. The van der Waals surface area contributed by atoms with E-state index in [-0.39, 0.29) is 24.4 Å². The minimum atomic E-state index is -0.321. The molecule has 0 aliphatic rings. The molecule has 0 unspecified atom stereocenters. The summed E-state index contributed by atoms with van der Waals surface area (Å²) < 4.78 is 13.0. The number of hydrogen-bond acceptors (Lipinski definition) is 1. The zero-order chi connectivity index (χ0) is 13.8. The first kappa shape index (κ1) is 13.8. The van der Waals surface area contributed by atoms with Gasteiger partial charge in [0.2, 0.25) is 0 Å². The molecule has 2 aromatic carbocycles. The van der Waals surface area contributed by atoms with Crippen LogP contribution in [0.25, 0.3) is 0 Å². The molecule has 19 heavy (non-hydrogen) atoms. The Morgan fingerprint density at radius 2 is 1.95 bits per heavy atom. The second kappa shape index (κ2) is 5.98. The van der Waals surface area contributed by atoms with E-state index in [9.17, 15) is 9.18 Å². The molecule has 2 aromatic rings. The average molecular weight is 277 g/mol. The number of ketones is 1. The first-order valence-corrected chi connectivity index (χ1v) is 6.43. The Morgan fingerprint density at radius 1 is 1.16 bits per heavy atom. The highest BCUT2D eigenvalue weighted by Crippen LogP contribution is 2.19. The van der Waals surface area contributed by atoms with Crippen LogP contribution in [0.1, 0.15) is 16.7 Å². The number of carbonyl (C=O) groups is 1. The minimum absolute atomic E-state index is 0.0244. The number of rotatable bonds is 4. The SMILES string of the molecule is Cc1ccc(CC(=O)Cc2cccc(F)c2)c(Cl)c1. The van der Waals surface area contributed by atoms with Crippen molar-refractivity contribution < 1.29 is 9.18 Å². The van der Waals surface area contributed by atoms with Crippen molar-refractivity contribution >= 4 is 17.4 Å². The van der Waals surface area contributed by atoms with Gasteiger partial charge in [-0.15, -0.1) is 0 Å². The Morgan fingerprint density at radius 3 is 2.63 bits per heavy atom. The Labute approximate surface area is 117 Å². The molecule has 3 heteroatoms. The smallest absolute Gasteiger partial charge is 0.141 e. The molecule has 0 aliphatic carbocycles. The van der Waals surface area contributed by atoms with Gasteiger partial charge in [0.1, 0.15) is 11.6 Å². The van der Waals surface area contributed by atoms with Gasteiger partial charge in [-0.25, -0.2) is 4.39 Å². The third-order valence-electron chi connectivity index (χ3n) is 2.89. The number of hydrogen-bond donors (Lipinski definition) is 0. The molecule has 0 N–H and O–H groups in total. The summed E-state index contributed by atoms with van der Waals surface area (Å²) in [5.41, 5.74) is 2.56. The normalized spacial score (nSPS) is 10.5. The van der Waals surface area contributed by atoms with Crippen molar-refractivity contribution in [1.29, 1.82) is 0 Å². The predicted molar refractivity (Wildman–Crippen MR) is 75.0 cm³/mol. The first-order chi connectivity index (χ1) is 9.04. The molecule has 0 saturated carbocycles. The highest BCUT2D eigenvalue weighted by Gasteiger charge is 2.09. The third-order valence-corrected chi connectivity index (χ3v) is 3.24. The van der Waals surface area contributed by atoms with Crippen molar-refractivity contribution in [1.82, 2.24) is 0 Å². The summed E-state index contributed by atoms with van der Waals surface area (Å²) in [6, 6.07) is 11.7. The molecule has 2 rings (SSSR count). The van der Waals surface area contributed by atoms with Gasteiger partial charge in [0, 0.05) is 17.9 Å². The molecular formula is C16H14ClFO. The number of Topliss-reactive ketones (excluding diaryl/α,β-unsaturated/α-hetero) is 1. The van der Waals surface area contributed by atoms with Gasteiger partial charge >= 0.3 is 0 Å². The second-order valence-electron chi connectivity index (χ2n) is 4.62. The average Bonchev–Trinajstić information content (AvgIpc) is 2.33. The molecule has 0 bridgehead atoms. The van der Waals surface area contributed by atoms with E-state index >= 15 is 0 Å². The highest BCUT2D eigenvalue weighted by molar-refractivity contribution is 6.31. The maximum atomic E-state index is 13.0. The summed E-state index contributed by atoms with van der Waals surface area (Å²) in [7, 11) is 0. The minimum Gasteiger partial charge on any atom is -0.299 e. The van der Waals surface area contributed by atoms with E-state index in [1.165, 1.54) is 12.1 Å². The molecule has 0 atom stereocenters. The summed E-state index contributed by atoms with van der Waals surface area (Å²) in [5, 5.41) is 0.604. The molecule has 0 spiro atoms. The summed E-state index contributed by atoms with van der Waals surface area (Å²) in [6.45, 7) is 1.95. The van der Waals surface area contributed by atoms with Gasteiger partial charge in [-0.2, -0.15) is 0 Å². The summed E-state index contributed by atoms with van der Waals surface area (Å²) in [5.74, 6) is -0.296. The lowest BCUT2D eigenvalue weighted by molar-refractivity contribution is -0.117. The Bertz CT molecular complexity index is 607. The van der Waals surface area contributed by atoms with Gasteiger partial charge in [-0.1, -0.05) is 35.9 Å². The Balaban J connectivity index is 2.05. The standard InChI is InChI=1S/C16H14ClFO/c1-11-5-6-13(16(17)7-11)10-15(19)9-12-3-2-4-14(18)8-12/h2-8H,9-10H2,1H3. The van der Waals surface area contributed by atoms with Gasteiger partial charge in [-0.3, -0.25) is 4.79 Å². The van der Waals surface area contributed by atoms with E-state index in [4.69, 9.17) is 11.6 Å². The van der Waals surface area contributed by atoms with E-state index in [0.29, 0.717) is 10.6 Å². The number of carbonyl (C=O) groups excluding carboxylic acids is 1. The van der Waals surface area contributed by atoms with E-state index in [0.717, 1.165) is 11.1 Å². The molecule has 1 nitrogen and oxygen atoms in total. The van der Waals surface area contributed by atoms with Gasteiger partial charge < -0.3 is 0 Å². The van der Waals surface area contributed by atoms with Crippen LogP contribution >= 0.6 is 11.6 Å². The fourth-order valence-corrected chi connectivity index (χ4v) is 2.25. The molecule has 0 amide bonds. The van der Waals surface area contributed by atoms with E-state index < -0.39 is 0 Å². The van der Waals surface area contributed by atoms with Gasteiger partial charge in [0.05, 0.1) is 0 Å². The zero-order valence-corrected chi connectivity index (χ0v) is 11.4. The van der Waals surface area contributed by atoms with Crippen molar-refractivity contribution in [2.45, 2.75) is 19.8 Å². The fraction of sp³-hybridized carbons (Fsp3) is 0.188. The van der Waals surface area contributed by atoms with E-state index in [1.54, 1.807) is 12.1 Å². The van der Waals surface area contributed by atoms with E-state index in [2.05, 4.69) is 0 Å². The van der Waals surface area contributed by atoms with Crippen molar-refractivity contribution in [3.63, 3.8) is 0 Å². The Hall–Kier alpha value is -1.67. The van der Waals surface area contributed by atoms with Crippen LogP contribution in [0.5, 0.6) is 0 Å². The van der Waals surface area contributed by atoms with Crippen LogP contribution in [0.2, 0.25) is 5.02 Å². The van der Waals surface area contributed by atoms with Crippen molar-refractivity contribution in [2.24, 2.45) is 0 Å². The van der Waals surface area contributed by atoms with Crippen LogP contribution in [0.4, 0.5) is 4.39 Å². The molecular weight excluding hydrogens is 263 g/mol. The first-order valence-electron chi connectivity index (χ1n) is 6.06. The van der Waals surface area contributed by atoms with Crippen LogP contribution in [0.15, 0.2) is 42.5 Å². The lowest BCUT2D eigenvalue weighted by Gasteiger charge is -2.05. The van der Waals surface area contributed by atoms with Gasteiger partial charge in [-0.05, 0) is 41.8 Å². The summed E-state index contributed by atoms with van der Waals surface area (Å²) >= 11 is 6.09. The van der Waals surface area contributed by atoms with Crippen LogP contribution in [-0.2, 0) is 17.6 Å². The zero-order valence-electron chi connectivity index (χ0n) is 10.6. The van der Waals surface area contributed by atoms with Crippen LogP contribution < -0.4 is 0 Å². The molecule has 0 aromatic heterocycles. The van der Waals surface area contributed by atoms with Crippen molar-refractivity contribution in [3.8, 4) is 0 Å². The molecule has 0 radical (unpaired) electrons. The number of halogens is 2. The van der Waals surface area contributed by atoms with Gasteiger partial charge in [0.15, 0.2) is 0 Å². The second-order valence-corrected chi connectivity index (χ2v) is 5.02. The number of benzene rings is 2. The predicted octanol–water partition coefficient (Wildman–Crippen LogP) is 4.14. The van der Waals surface area contributed by atoms with Gasteiger partial charge in [0.25, 0.3) is 0 Å². The quantitative estimate of drug-likeness (QED) is 0.820. The van der Waals surface area contributed by atoms with Crippen molar-refractivity contribution in [3.05, 3.63) is 70.0 Å². The monoisotopic (exact) mass is 276 g/mol. The lowest BCUT2D eigenvalue weighted by Crippen LogP contribution is -2.07. The summed E-state index contributed by atoms with van der Waals surface area (Å²) in [6.07, 6.45) is 0.498. The molecule has 0 heterocycles. The Kier molecular flexibility index (Phi) is 4.33. The van der Waals surface area contributed by atoms with Crippen LogP contribution in [-0.4, -0.2) is 5.78 Å². The lowest BCUT2D eigenvalue weighted by atomic mass is 10.0. The fourth-order valence-electron chi connectivity index (χ4n) is 1.95. The third kappa shape index (κ3) is 3.90. The molecule has 0 fully saturated rings. The van der Waals surface area contributed by atoms with Crippen LogP contribution in [0, 0.1) is 12.7 Å². The maximum absolute atomic E-state index is 13.0. The van der Waals surface area contributed by atoms with Crippen LogP contribution in [0.3, 0.4) is 0 Å². The largest absolute Gasteiger partial charge is 0.299 e. The van der Waals surface area contributed by atoms with Crippen molar-refractivity contribution in [2.75, 3.05) is 0 Å². The topological polar surface area (TPSA) is 17.1 Å². The molecule has 98 valence electrons. The maximum Gasteiger partial charge on any atom is 0.141 e. The molecule has 0 saturated heterocycles. The number of aryl methyl sites for hydroxylation is 1. The van der Waals surface area contributed by atoms with E-state index in [1.807, 2.05) is 25.1 Å². The summed E-state index contributed by atoms with van der Waals surface area (Å²) in [4.78, 5) is 11.9. The molecule has 0 aliphatic heterocycles.